The molecule has 0 saturated carbocycles. The van der Waals surface area contributed by atoms with Gasteiger partial charge in [0, 0.05) is 10.7 Å². The van der Waals surface area contributed by atoms with Crippen LogP contribution in [0.3, 0.4) is 0 Å². The van der Waals surface area contributed by atoms with Crippen LogP contribution in [0.15, 0.2) is 5.11 Å². The van der Waals surface area contributed by atoms with Crippen molar-refractivity contribution in [3.05, 3.63) is 10.4 Å². The zero-order valence-corrected chi connectivity index (χ0v) is 7.23. The van der Waals surface area contributed by atoms with E-state index in [1.807, 2.05) is 0 Å². The van der Waals surface area contributed by atoms with E-state index in [1.165, 1.54) is 0 Å². The summed E-state index contributed by atoms with van der Waals surface area (Å²) in [5.41, 5.74) is 7.77. The van der Waals surface area contributed by atoms with Crippen molar-refractivity contribution in [1.29, 1.82) is 0 Å². The van der Waals surface area contributed by atoms with Gasteiger partial charge in [0.15, 0.2) is 0 Å². The Morgan fingerprint density at radius 1 is 1.54 bits per heavy atom. The second-order valence-electron chi connectivity index (χ2n) is 2.00. The summed E-state index contributed by atoms with van der Waals surface area (Å²) in [6.07, 6.45) is -5.14. The van der Waals surface area contributed by atoms with Crippen molar-refractivity contribution in [3.63, 3.8) is 0 Å². The third kappa shape index (κ3) is 9.03. The molecule has 0 aliphatic heterocycles. The van der Waals surface area contributed by atoms with Crippen molar-refractivity contribution in [2.75, 3.05) is 11.5 Å². The van der Waals surface area contributed by atoms with Crippen LogP contribution in [-0.2, 0) is 4.79 Å². The molecule has 0 aromatic heterocycles. The molecule has 0 heterocycles. The molecule has 13 heavy (non-hydrogen) atoms. The SMILES string of the molecule is [N-]=[N+]=NC(=O)CSCCC(F)(F)F. The smallest absolute Gasteiger partial charge is 0.292 e. The van der Waals surface area contributed by atoms with E-state index in [9.17, 15) is 18.0 Å². The lowest BCUT2D eigenvalue weighted by Crippen LogP contribution is -2.09. The molecule has 0 aromatic carbocycles. The van der Waals surface area contributed by atoms with Crippen LogP contribution in [0.25, 0.3) is 10.4 Å². The van der Waals surface area contributed by atoms with Crippen LogP contribution in [0, 0.1) is 0 Å². The number of amides is 1. The highest BCUT2D eigenvalue weighted by Crippen LogP contribution is 2.21. The van der Waals surface area contributed by atoms with Gasteiger partial charge in [-0.1, -0.05) is 0 Å². The van der Waals surface area contributed by atoms with Crippen LogP contribution in [-0.4, -0.2) is 23.6 Å². The number of rotatable bonds is 4. The Hall–Kier alpha value is -0.880. The van der Waals surface area contributed by atoms with Gasteiger partial charge < -0.3 is 0 Å². The van der Waals surface area contributed by atoms with Gasteiger partial charge >= 0.3 is 6.18 Å². The Morgan fingerprint density at radius 3 is 2.62 bits per heavy atom. The molecule has 0 spiro atoms. The van der Waals surface area contributed by atoms with Crippen molar-refractivity contribution in [2.24, 2.45) is 5.11 Å². The van der Waals surface area contributed by atoms with E-state index >= 15 is 0 Å². The van der Waals surface area contributed by atoms with Gasteiger partial charge in [-0.05, 0) is 10.6 Å². The van der Waals surface area contributed by atoms with E-state index < -0.39 is 18.5 Å². The summed E-state index contributed by atoms with van der Waals surface area (Å²) in [6.45, 7) is 0. The largest absolute Gasteiger partial charge is 0.389 e. The molecule has 0 aromatic rings. The number of thioether (sulfide) groups is 1. The summed E-state index contributed by atoms with van der Waals surface area (Å²) in [5, 5.41) is 2.70. The quantitative estimate of drug-likeness (QED) is 0.311. The number of carbonyl (C=O) groups excluding carboxylic acids is 1. The highest BCUT2D eigenvalue weighted by molar-refractivity contribution is 7.99. The lowest BCUT2D eigenvalue weighted by atomic mass is 10.5. The van der Waals surface area contributed by atoms with Gasteiger partial charge in [-0.3, -0.25) is 4.79 Å². The molecule has 0 fully saturated rings. The number of hydrogen-bond acceptors (Lipinski definition) is 2. The van der Waals surface area contributed by atoms with Crippen LogP contribution in [0.4, 0.5) is 13.2 Å². The topological polar surface area (TPSA) is 65.8 Å². The summed E-state index contributed by atoms with van der Waals surface area (Å²) < 4.78 is 34.6. The molecule has 0 aliphatic rings. The summed E-state index contributed by atoms with van der Waals surface area (Å²) in [6, 6.07) is 0. The Bertz CT molecular complexity index is 224. The maximum absolute atomic E-state index is 11.5. The van der Waals surface area contributed by atoms with Crippen molar-refractivity contribution < 1.29 is 18.0 Å². The van der Waals surface area contributed by atoms with Gasteiger partial charge in [-0.25, -0.2) is 0 Å². The molecular weight excluding hydrogens is 207 g/mol. The van der Waals surface area contributed by atoms with Gasteiger partial charge in [-0.15, -0.1) is 0 Å². The minimum atomic E-state index is -4.20. The first kappa shape index (κ1) is 12.1. The second-order valence-corrected chi connectivity index (χ2v) is 3.11. The normalized spacial score (nSPS) is 10.7. The average molecular weight is 213 g/mol. The number of alkyl halides is 3. The molecule has 4 nitrogen and oxygen atoms in total. The minimum absolute atomic E-state index is 0.198. The molecule has 0 aliphatic carbocycles. The molecule has 0 atom stereocenters. The van der Waals surface area contributed by atoms with Crippen LogP contribution < -0.4 is 0 Å². The molecule has 0 saturated heterocycles. The first-order chi connectivity index (χ1) is 5.95. The van der Waals surface area contributed by atoms with Crippen molar-refractivity contribution >= 4 is 17.7 Å². The number of nitrogens with zero attached hydrogens (tertiary/aromatic N) is 3. The van der Waals surface area contributed by atoms with Gasteiger partial charge in [0.2, 0.25) is 5.91 Å². The van der Waals surface area contributed by atoms with E-state index in [0.717, 1.165) is 11.8 Å². The van der Waals surface area contributed by atoms with Gasteiger partial charge in [0.25, 0.3) is 0 Å². The fourth-order valence-corrected chi connectivity index (χ4v) is 1.18. The van der Waals surface area contributed by atoms with E-state index in [-0.39, 0.29) is 11.5 Å². The van der Waals surface area contributed by atoms with Crippen LogP contribution in [0.1, 0.15) is 6.42 Å². The van der Waals surface area contributed by atoms with E-state index in [4.69, 9.17) is 5.53 Å². The van der Waals surface area contributed by atoms with E-state index in [2.05, 4.69) is 10.0 Å². The van der Waals surface area contributed by atoms with Gasteiger partial charge in [-0.2, -0.15) is 24.9 Å². The Labute approximate surface area is 76.1 Å². The summed E-state index contributed by atoms with van der Waals surface area (Å²) >= 11 is 0.794. The van der Waals surface area contributed by atoms with E-state index in [0.29, 0.717) is 0 Å². The zero-order valence-electron chi connectivity index (χ0n) is 6.41. The van der Waals surface area contributed by atoms with E-state index in [1.54, 1.807) is 0 Å². The number of hydrogen-bond donors (Lipinski definition) is 0. The van der Waals surface area contributed by atoms with Crippen LogP contribution in [0.5, 0.6) is 0 Å². The predicted octanol–water partition coefficient (Wildman–Crippen LogP) is 2.51. The molecular formula is C5H6F3N3OS. The third-order valence-corrected chi connectivity index (χ3v) is 1.86. The molecule has 0 N–H and O–H groups in total. The molecule has 74 valence electrons. The summed E-state index contributed by atoms with van der Waals surface area (Å²) in [4.78, 5) is 12.6. The first-order valence-electron chi connectivity index (χ1n) is 3.18. The Morgan fingerprint density at radius 2 is 2.15 bits per heavy atom. The van der Waals surface area contributed by atoms with Gasteiger partial charge in [0.05, 0.1) is 12.2 Å². The fourth-order valence-electron chi connectivity index (χ4n) is 0.426. The number of azide groups is 1. The first-order valence-corrected chi connectivity index (χ1v) is 4.33. The van der Waals surface area contributed by atoms with Crippen LogP contribution in [0.2, 0.25) is 0 Å². The maximum atomic E-state index is 11.5. The molecule has 8 heteroatoms. The third-order valence-electron chi connectivity index (χ3n) is 0.912. The summed E-state index contributed by atoms with van der Waals surface area (Å²) in [7, 11) is 0. The van der Waals surface area contributed by atoms with Crippen LogP contribution >= 0.6 is 11.8 Å². The number of halogens is 3. The minimum Gasteiger partial charge on any atom is -0.292 e. The van der Waals surface area contributed by atoms with Crippen molar-refractivity contribution in [3.8, 4) is 0 Å². The molecule has 0 unspecified atom stereocenters. The average Bonchev–Trinajstić information content (AvgIpc) is 1.97. The zero-order chi connectivity index (χ0) is 10.3. The molecule has 0 bridgehead atoms. The Kier molecular flexibility index (Phi) is 5.33. The standard InChI is InChI=1S/C5H6F3N3OS/c6-5(7,8)1-2-13-3-4(12)10-11-9/h1-3H2. The molecule has 1 amide bonds. The number of carbonyl (C=O) groups is 1. The summed E-state index contributed by atoms with van der Waals surface area (Å²) in [5.74, 6) is -1.16. The fraction of sp³-hybridized carbons (Fsp3) is 0.800. The predicted molar refractivity (Wildman–Crippen MR) is 42.2 cm³/mol. The monoisotopic (exact) mass is 213 g/mol. The molecule has 0 radical (unpaired) electrons. The van der Waals surface area contributed by atoms with Gasteiger partial charge in [0.1, 0.15) is 0 Å². The highest BCUT2D eigenvalue weighted by Gasteiger charge is 2.26. The van der Waals surface area contributed by atoms with Crippen molar-refractivity contribution in [1.82, 2.24) is 0 Å². The highest BCUT2D eigenvalue weighted by atomic mass is 32.2. The lowest BCUT2D eigenvalue weighted by molar-refractivity contribution is -0.129. The van der Waals surface area contributed by atoms with Crippen molar-refractivity contribution in [2.45, 2.75) is 12.6 Å². The maximum Gasteiger partial charge on any atom is 0.389 e. The second kappa shape index (κ2) is 5.71. The molecule has 0 rings (SSSR count). The Balaban J connectivity index is 3.47. The lowest BCUT2D eigenvalue weighted by Gasteiger charge is -2.03.